The molecule has 0 atom stereocenters. The highest BCUT2D eigenvalue weighted by atomic mass is 32.3. The molecule has 0 saturated heterocycles. The summed E-state index contributed by atoms with van der Waals surface area (Å²) in [5.41, 5.74) is 4.43. The van der Waals surface area contributed by atoms with E-state index in [1.165, 1.54) is 28.2 Å². The van der Waals surface area contributed by atoms with Gasteiger partial charge in [0.05, 0.1) is 23.4 Å². The number of para-hydroxylation sites is 1. The Kier molecular flexibility index (Phi) is 14.4. The van der Waals surface area contributed by atoms with Crippen LogP contribution in [0.15, 0.2) is 66.7 Å². The summed E-state index contributed by atoms with van der Waals surface area (Å²) in [6.07, 6.45) is 8.87. The Balaban J connectivity index is 0.00000285. The van der Waals surface area contributed by atoms with Crippen molar-refractivity contribution in [3.8, 4) is 5.75 Å². The molecule has 3 heterocycles. The Hall–Kier alpha value is -3.97. The molecule has 0 N–H and O–H groups in total. The van der Waals surface area contributed by atoms with E-state index >= 15 is 0 Å². The molecule has 296 valence electrons. The average molecular weight is 805 g/mol. The highest BCUT2D eigenvalue weighted by Gasteiger charge is 2.31. The molecule has 0 fully saturated rings. The van der Waals surface area contributed by atoms with Crippen molar-refractivity contribution in [3.05, 3.63) is 99.6 Å². The second-order valence-electron chi connectivity index (χ2n) is 15.2. The largest absolute Gasteiger partial charge is 0.494 e. The fraction of sp³-hybridized carbons (Fsp3) is 0.442. The summed E-state index contributed by atoms with van der Waals surface area (Å²) in [5, 5.41) is 1.35. The van der Waals surface area contributed by atoms with Gasteiger partial charge in [-0.1, -0.05) is 67.1 Å². The maximum atomic E-state index is 14.6. The van der Waals surface area contributed by atoms with Gasteiger partial charge in [-0.15, -0.1) is 11.3 Å². The van der Waals surface area contributed by atoms with E-state index in [0.29, 0.717) is 55.5 Å². The Labute approximate surface area is 336 Å². The van der Waals surface area contributed by atoms with Crippen LogP contribution in [0.5, 0.6) is 5.75 Å². The summed E-state index contributed by atoms with van der Waals surface area (Å²) in [7, 11) is -0.747. The van der Waals surface area contributed by atoms with Crippen molar-refractivity contribution in [2.24, 2.45) is 0 Å². The number of aromatic nitrogens is 2. The van der Waals surface area contributed by atoms with Crippen molar-refractivity contribution < 1.29 is 23.8 Å². The summed E-state index contributed by atoms with van der Waals surface area (Å²) in [4.78, 5) is 42.5. The normalized spacial score (nSPS) is 13.1. The number of anilines is 2. The third kappa shape index (κ3) is 11.5. The van der Waals surface area contributed by atoms with Crippen LogP contribution < -0.4 is 14.5 Å². The Bertz CT molecular complexity index is 2010. The van der Waals surface area contributed by atoms with Gasteiger partial charge in [-0.3, -0.25) is 9.69 Å². The number of esters is 1. The molecule has 1 aliphatic heterocycles. The molecule has 0 unspecified atom stereocenters. The van der Waals surface area contributed by atoms with E-state index in [1.807, 2.05) is 102 Å². The summed E-state index contributed by atoms with van der Waals surface area (Å²) in [5.74, 6) is 1.20. The van der Waals surface area contributed by atoms with Crippen LogP contribution in [-0.2, 0) is 28.9 Å². The summed E-state index contributed by atoms with van der Waals surface area (Å²) in [6, 6.07) is 21.9. The number of hydrogen-bond acceptors (Lipinski definition) is 10. The van der Waals surface area contributed by atoms with Gasteiger partial charge in [0, 0.05) is 29.3 Å². The first kappa shape index (κ1) is 42.2. The van der Waals surface area contributed by atoms with E-state index in [4.69, 9.17) is 24.2 Å². The zero-order chi connectivity index (χ0) is 39.8. The lowest BCUT2D eigenvalue weighted by Gasteiger charge is -2.31. The molecular weight excluding hydrogens is 749 g/mol. The van der Waals surface area contributed by atoms with Crippen LogP contribution in [0, 0.1) is 6.92 Å². The van der Waals surface area contributed by atoms with E-state index in [9.17, 15) is 9.59 Å². The lowest BCUT2D eigenvalue weighted by Crippen LogP contribution is -2.37. The average Bonchev–Trinajstić information content (AvgIpc) is 3.78. The van der Waals surface area contributed by atoms with Crippen molar-refractivity contribution in [2.45, 2.75) is 73.0 Å². The Morgan fingerprint density at radius 1 is 0.927 bits per heavy atom. The topological polar surface area (TPSA) is 94.1 Å². The zero-order valence-electron chi connectivity index (χ0n) is 33.8. The number of aryl methyl sites for hydroxylation is 2. The SMILES string of the molecule is CC.Cc1ccc(OCCCc2sc(N3CCc4cccc(C(=O)N(COCCS(C)(C)C)c5nc6ccccc6s5)c4C3)nc2C(=O)OC(C)(C)C)cc1. The molecule has 9 nitrogen and oxygen atoms in total. The molecular formula is C43H56N4O5S3. The monoisotopic (exact) mass is 804 g/mol. The molecule has 0 radical (unpaired) electrons. The second-order valence-corrected chi connectivity index (χ2v) is 21.8. The maximum Gasteiger partial charge on any atom is 0.358 e. The van der Waals surface area contributed by atoms with Crippen LogP contribution in [0.3, 0.4) is 0 Å². The van der Waals surface area contributed by atoms with Gasteiger partial charge in [-0.25, -0.2) is 24.8 Å². The molecule has 55 heavy (non-hydrogen) atoms. The molecule has 2 aromatic heterocycles. The number of benzene rings is 3. The van der Waals surface area contributed by atoms with E-state index in [1.54, 1.807) is 4.90 Å². The van der Waals surface area contributed by atoms with Crippen molar-refractivity contribution in [1.82, 2.24) is 9.97 Å². The maximum absolute atomic E-state index is 14.6. The Morgan fingerprint density at radius 2 is 1.67 bits per heavy atom. The number of carbonyl (C=O) groups is 2. The van der Waals surface area contributed by atoms with Crippen LogP contribution in [0.1, 0.15) is 83.5 Å². The molecule has 0 bridgehead atoms. The van der Waals surface area contributed by atoms with Crippen LogP contribution >= 0.6 is 32.7 Å². The predicted molar refractivity (Wildman–Crippen MR) is 232 cm³/mol. The predicted octanol–water partition coefficient (Wildman–Crippen LogP) is 9.93. The summed E-state index contributed by atoms with van der Waals surface area (Å²) < 4.78 is 19.0. The number of ether oxygens (including phenoxy) is 3. The van der Waals surface area contributed by atoms with Crippen molar-refractivity contribution in [1.29, 1.82) is 0 Å². The molecule has 6 rings (SSSR count). The molecule has 5 aromatic rings. The fourth-order valence-corrected chi connectivity index (χ4v) is 8.60. The number of amides is 1. The highest BCUT2D eigenvalue weighted by Crippen LogP contribution is 2.36. The van der Waals surface area contributed by atoms with E-state index < -0.39 is 21.6 Å². The minimum atomic E-state index is -0.747. The molecule has 0 aliphatic carbocycles. The lowest BCUT2D eigenvalue weighted by atomic mass is 9.94. The van der Waals surface area contributed by atoms with Crippen molar-refractivity contribution in [2.75, 3.05) is 60.8 Å². The highest BCUT2D eigenvalue weighted by molar-refractivity contribution is 8.32. The summed E-state index contributed by atoms with van der Waals surface area (Å²) >= 11 is 3.01. The van der Waals surface area contributed by atoms with E-state index in [0.717, 1.165) is 49.3 Å². The first-order valence-corrected chi connectivity index (χ1v) is 23.6. The minimum Gasteiger partial charge on any atom is -0.494 e. The molecule has 3 aromatic carbocycles. The number of fused-ring (bicyclic) bond motifs is 2. The molecule has 1 aliphatic rings. The Morgan fingerprint density at radius 3 is 2.38 bits per heavy atom. The first-order valence-electron chi connectivity index (χ1n) is 18.9. The van der Waals surface area contributed by atoms with Gasteiger partial charge in [0.25, 0.3) is 5.91 Å². The summed E-state index contributed by atoms with van der Waals surface area (Å²) in [6.45, 7) is 14.0. The van der Waals surface area contributed by atoms with Gasteiger partial charge in [0.15, 0.2) is 16.0 Å². The number of carbonyl (C=O) groups excluding carboxylic acids is 2. The number of rotatable bonds is 14. The second kappa shape index (κ2) is 18.8. The molecule has 1 amide bonds. The third-order valence-electron chi connectivity index (χ3n) is 8.71. The molecule has 0 spiro atoms. The quantitative estimate of drug-likeness (QED) is 0.0623. The smallest absolute Gasteiger partial charge is 0.358 e. The van der Waals surface area contributed by atoms with Gasteiger partial charge in [-0.05, 0) is 107 Å². The van der Waals surface area contributed by atoms with Crippen molar-refractivity contribution >= 4 is 65.1 Å². The van der Waals surface area contributed by atoms with Crippen LogP contribution in [0.2, 0.25) is 0 Å². The first-order chi connectivity index (χ1) is 26.2. The molecule has 12 heteroatoms. The van der Waals surface area contributed by atoms with Gasteiger partial charge in [0.1, 0.15) is 18.1 Å². The fourth-order valence-electron chi connectivity index (χ4n) is 5.92. The minimum absolute atomic E-state index is 0.115. The standard InChI is InChI=1S/C41H50N4O5S3.C2H6/c1-28-17-19-30(20-18-28)49-23-11-16-35-36(38(47)50-41(2,3)4)43-39(52-35)44-22-21-29-12-10-13-31(32(29)26-44)37(46)45(27-48-24-25-53(5,6)7)40-42-33-14-8-9-15-34(33)51-40;1-2/h8-10,12-15,17-20H,11,16,21-27H2,1-7H3;1-2H3. The van der Waals surface area contributed by atoms with Crippen LogP contribution in [0.4, 0.5) is 10.3 Å². The van der Waals surface area contributed by atoms with E-state index in [2.05, 4.69) is 29.7 Å². The van der Waals surface area contributed by atoms with Gasteiger partial charge >= 0.3 is 5.97 Å². The number of nitrogens with zero attached hydrogens (tertiary/aromatic N) is 4. The van der Waals surface area contributed by atoms with Crippen LogP contribution in [-0.4, -0.2) is 78.5 Å². The van der Waals surface area contributed by atoms with E-state index in [-0.39, 0.29) is 12.6 Å². The van der Waals surface area contributed by atoms with Crippen LogP contribution in [0.25, 0.3) is 10.2 Å². The van der Waals surface area contributed by atoms with Gasteiger partial charge < -0.3 is 19.1 Å². The molecule has 0 saturated carbocycles. The van der Waals surface area contributed by atoms with Gasteiger partial charge in [-0.2, -0.15) is 0 Å². The van der Waals surface area contributed by atoms with Gasteiger partial charge in [0.2, 0.25) is 0 Å². The zero-order valence-corrected chi connectivity index (χ0v) is 36.2. The third-order valence-corrected chi connectivity index (χ3v) is 12.3. The van der Waals surface area contributed by atoms with Crippen molar-refractivity contribution in [3.63, 3.8) is 0 Å². The number of hydrogen-bond donors (Lipinski definition) is 0. The lowest BCUT2D eigenvalue weighted by molar-refractivity contribution is 0.00623. The number of thiazole rings is 2.